The molecule has 0 spiro atoms. The second kappa shape index (κ2) is 19.6. The summed E-state index contributed by atoms with van der Waals surface area (Å²) in [5.41, 5.74) is 17.2. The Kier molecular flexibility index (Phi) is 12.2. The number of nitrogens with zero attached hydrogens (tertiary/aromatic N) is 5. The van der Waals surface area contributed by atoms with E-state index in [2.05, 4.69) is 283 Å². The number of imidazole rings is 1. The molecule has 13 aromatic rings. The number of hydrogen-bond donors (Lipinski definition) is 0. The monoisotopic (exact) mass is 1190 g/mol. The van der Waals surface area contributed by atoms with Crippen LogP contribution < -0.4 is 9.30 Å². The molecule has 1 aliphatic rings. The van der Waals surface area contributed by atoms with Crippen LogP contribution in [-0.2, 0) is 21.1 Å². The van der Waals surface area contributed by atoms with E-state index in [1.807, 2.05) is 18.2 Å². The molecule has 0 fully saturated rings. The zero-order chi connectivity index (χ0) is 51.8. The summed E-state index contributed by atoms with van der Waals surface area (Å²) in [4.78, 5) is 0. The molecule has 0 radical (unpaired) electrons. The fourth-order valence-corrected chi connectivity index (χ4v) is 11.4. The van der Waals surface area contributed by atoms with Gasteiger partial charge < -0.3 is 23.8 Å². The van der Waals surface area contributed by atoms with Gasteiger partial charge in [-0.1, -0.05) is 227 Å². The van der Waals surface area contributed by atoms with Crippen molar-refractivity contribution in [1.29, 1.82) is 0 Å². The molecule has 0 bridgehead atoms. The molecule has 0 saturated carbocycles. The number of ether oxygens (including phenoxy) is 1. The third-order valence-electron chi connectivity index (χ3n) is 15.0. The molecule has 7 heteroatoms. The fourth-order valence-electron chi connectivity index (χ4n) is 11.4. The molecule has 14 rings (SSSR count). The molecule has 0 saturated heterocycles. The number of hydrogen-bond acceptors (Lipinski definition) is 1. The first kappa shape index (κ1) is 48.7. The van der Waals surface area contributed by atoms with Gasteiger partial charge >= 0.3 is 21.1 Å². The molecule has 1 unspecified atom stereocenters. The van der Waals surface area contributed by atoms with Gasteiger partial charge in [0.05, 0.1) is 27.8 Å². The SMILES string of the molecule is CC1C=C(C(C)(C)C)C=C(n2c3[c-]c(Oc4[c-]c(-n5[c-][n+](-c6c(-c7ccccc7)cccc6-c6ccccc6)c6ccccc65)ccc4)ccc3c3cc(-c4cccc5c6ccccc6n(-c6ccccc6)c45)ccc32)[N-]1.[Pt+4]. The van der Waals surface area contributed by atoms with Crippen LogP contribution in [0.2, 0.25) is 0 Å². The van der Waals surface area contributed by atoms with Crippen molar-refractivity contribution < 1.29 is 30.4 Å². The van der Waals surface area contributed by atoms with Crippen molar-refractivity contribution in [2.75, 3.05) is 0 Å². The van der Waals surface area contributed by atoms with Crippen LogP contribution in [0.15, 0.2) is 242 Å². The van der Waals surface area contributed by atoms with E-state index in [9.17, 15) is 0 Å². The number of allylic oxidation sites excluding steroid dienone is 2. The molecule has 0 N–H and O–H groups in total. The van der Waals surface area contributed by atoms with E-state index in [4.69, 9.17) is 10.1 Å². The van der Waals surface area contributed by atoms with Gasteiger partial charge in [-0.15, -0.1) is 35.2 Å². The standard InChI is InChI=1S/C71H52N5O.Pt/c1-47-41-51(71(2,3)4)43-68(72-47)76-64-40-37-50(58-32-20-33-61-59-29-14-15-34-63(59)75(70(58)61)52-25-12-7-13-26-52)42-62(64)60-39-38-55(45-67(60)76)77-54-28-18-27-53(44-54)73-46-74(66-36-17-16-35-65(66)73)69-56(48-21-8-5-9-22-48)30-19-31-57(69)49-23-10-6-11-24-49;/h5-43,47H,1-4H3;/q-3;+4. The summed E-state index contributed by atoms with van der Waals surface area (Å²) >= 11 is 0. The molecule has 10 aromatic carbocycles. The molecular formula is C71H52N5OPt+. The molecule has 6 nitrogen and oxygen atoms in total. The Morgan fingerprint density at radius 3 is 1.87 bits per heavy atom. The summed E-state index contributed by atoms with van der Waals surface area (Å²) < 4.78 is 15.8. The smallest absolute Gasteiger partial charge is 0.510 e. The molecule has 1 aliphatic heterocycles. The second-order valence-corrected chi connectivity index (χ2v) is 21.0. The van der Waals surface area contributed by atoms with E-state index in [-0.39, 0.29) is 32.5 Å². The predicted octanol–water partition coefficient (Wildman–Crippen LogP) is 17.9. The molecule has 0 aliphatic carbocycles. The predicted molar refractivity (Wildman–Crippen MR) is 316 cm³/mol. The maximum Gasteiger partial charge on any atom is 4.00 e. The van der Waals surface area contributed by atoms with Gasteiger partial charge in [0.2, 0.25) is 0 Å². The van der Waals surface area contributed by atoms with Crippen LogP contribution in [0.5, 0.6) is 11.5 Å². The van der Waals surface area contributed by atoms with Gasteiger partial charge in [-0.2, -0.15) is 18.2 Å². The van der Waals surface area contributed by atoms with Crippen LogP contribution in [0.3, 0.4) is 0 Å². The summed E-state index contributed by atoms with van der Waals surface area (Å²) in [6, 6.07) is 86.7. The summed E-state index contributed by atoms with van der Waals surface area (Å²) in [6.07, 6.45) is 8.31. The van der Waals surface area contributed by atoms with Crippen molar-refractivity contribution in [2.24, 2.45) is 5.41 Å². The van der Waals surface area contributed by atoms with Crippen molar-refractivity contribution in [2.45, 2.75) is 33.7 Å². The second-order valence-electron chi connectivity index (χ2n) is 21.0. The Bertz CT molecular complexity index is 4440. The van der Waals surface area contributed by atoms with Gasteiger partial charge in [0.15, 0.2) is 0 Å². The van der Waals surface area contributed by atoms with Crippen molar-refractivity contribution in [3.63, 3.8) is 0 Å². The minimum Gasteiger partial charge on any atom is -0.510 e. The van der Waals surface area contributed by atoms with E-state index in [0.29, 0.717) is 11.5 Å². The van der Waals surface area contributed by atoms with Gasteiger partial charge in [0, 0.05) is 33.5 Å². The largest absolute Gasteiger partial charge is 4.00 e. The van der Waals surface area contributed by atoms with Crippen LogP contribution >= 0.6 is 0 Å². The van der Waals surface area contributed by atoms with E-state index in [1.165, 1.54) is 27.4 Å². The number of rotatable bonds is 9. The average molecular weight is 1190 g/mol. The number of benzene rings is 10. The number of para-hydroxylation sites is 6. The van der Waals surface area contributed by atoms with Crippen LogP contribution in [-0.4, -0.2) is 19.7 Å². The van der Waals surface area contributed by atoms with Crippen LogP contribution in [0.25, 0.3) is 116 Å². The Labute approximate surface area is 468 Å². The zero-order valence-corrected chi connectivity index (χ0v) is 45.8. The third-order valence-corrected chi connectivity index (χ3v) is 15.0. The maximum absolute atomic E-state index is 6.84. The molecular weight excluding hydrogens is 1130 g/mol. The summed E-state index contributed by atoms with van der Waals surface area (Å²) in [5.74, 6) is 2.01. The minimum absolute atomic E-state index is 0. The van der Waals surface area contributed by atoms with Crippen LogP contribution in [0, 0.1) is 23.9 Å². The minimum atomic E-state index is -0.0761. The number of fused-ring (bicyclic) bond motifs is 7. The number of aromatic nitrogens is 4. The first-order chi connectivity index (χ1) is 37.7. The first-order valence-electron chi connectivity index (χ1n) is 26.4. The molecule has 78 heavy (non-hydrogen) atoms. The van der Waals surface area contributed by atoms with Crippen LogP contribution in [0.4, 0.5) is 0 Å². The molecule has 1 atom stereocenters. The molecule has 0 amide bonds. The first-order valence-corrected chi connectivity index (χ1v) is 26.4. The van der Waals surface area contributed by atoms with Gasteiger partial charge in [-0.25, -0.2) is 0 Å². The molecule has 4 heterocycles. The Morgan fingerprint density at radius 2 is 1.13 bits per heavy atom. The van der Waals surface area contributed by atoms with E-state index in [0.717, 1.165) is 89.1 Å². The van der Waals surface area contributed by atoms with Crippen molar-refractivity contribution in [3.8, 4) is 61.9 Å². The zero-order valence-electron chi connectivity index (χ0n) is 43.6. The van der Waals surface area contributed by atoms with E-state index in [1.54, 1.807) is 0 Å². The van der Waals surface area contributed by atoms with Crippen molar-refractivity contribution in [1.82, 2.24) is 13.7 Å². The molecule has 3 aromatic heterocycles. The Morgan fingerprint density at radius 1 is 0.513 bits per heavy atom. The van der Waals surface area contributed by atoms with Crippen molar-refractivity contribution in [3.05, 3.63) is 266 Å². The van der Waals surface area contributed by atoms with E-state index < -0.39 is 0 Å². The summed E-state index contributed by atoms with van der Waals surface area (Å²) in [5, 5.41) is 9.91. The molecule has 376 valence electrons. The normalized spacial score (nSPS) is 13.7. The topological polar surface area (TPSA) is 42.0 Å². The van der Waals surface area contributed by atoms with Crippen LogP contribution in [0.1, 0.15) is 27.7 Å². The maximum atomic E-state index is 6.84. The van der Waals surface area contributed by atoms with Crippen molar-refractivity contribution >= 4 is 60.5 Å². The summed E-state index contributed by atoms with van der Waals surface area (Å²) in [7, 11) is 0. The van der Waals surface area contributed by atoms with E-state index >= 15 is 0 Å². The van der Waals surface area contributed by atoms with Gasteiger partial charge in [-0.05, 0) is 74.3 Å². The van der Waals surface area contributed by atoms with Gasteiger partial charge in [-0.3, -0.25) is 4.57 Å². The Hall–Kier alpha value is -8.96. The quantitative estimate of drug-likeness (QED) is 0.105. The average Bonchev–Trinajstić information content (AvgIpc) is 4.35. The third kappa shape index (κ3) is 8.36. The fraction of sp³-hybridized carbons (Fsp3) is 0.0845. The van der Waals surface area contributed by atoms with Gasteiger partial charge in [0.1, 0.15) is 0 Å². The summed E-state index contributed by atoms with van der Waals surface area (Å²) in [6.45, 7) is 8.96. The Balaban J connectivity index is 0.00000579. The van der Waals surface area contributed by atoms with Gasteiger partial charge in [0.25, 0.3) is 6.33 Å².